The van der Waals surface area contributed by atoms with Crippen molar-refractivity contribution in [3.05, 3.63) is 74.0 Å². The second-order valence-corrected chi connectivity index (χ2v) is 6.52. The predicted molar refractivity (Wildman–Crippen MR) is 98.4 cm³/mol. The molecule has 0 spiro atoms. The van der Waals surface area contributed by atoms with Crippen molar-refractivity contribution in [2.24, 2.45) is 14.1 Å². The van der Waals surface area contributed by atoms with Crippen LogP contribution in [0, 0.1) is 5.82 Å². The van der Waals surface area contributed by atoms with Crippen LogP contribution < -0.4 is 11.2 Å². The van der Waals surface area contributed by atoms with Crippen molar-refractivity contribution in [2.75, 3.05) is 0 Å². The Balaban J connectivity index is 2.10. The summed E-state index contributed by atoms with van der Waals surface area (Å²) in [4.78, 5) is 29.5. The zero-order valence-electron chi connectivity index (χ0n) is 14.4. The van der Waals surface area contributed by atoms with Crippen molar-refractivity contribution in [3.63, 3.8) is 0 Å². The standard InChI is InChI=1S/C18H14ClFN4O3/c1-22-16-14(17(25)23(2)18(22)26)24(15(21-16)10-6-7-27-9-10)8-11-12(19)4-3-5-13(11)20/h3-7,9H,8H2,1-2H3. The van der Waals surface area contributed by atoms with E-state index in [2.05, 4.69) is 4.98 Å². The first-order valence-corrected chi connectivity index (χ1v) is 8.39. The number of hydrogen-bond acceptors (Lipinski definition) is 4. The molecule has 0 aliphatic carbocycles. The highest BCUT2D eigenvalue weighted by Crippen LogP contribution is 2.27. The monoisotopic (exact) mass is 388 g/mol. The first-order valence-electron chi connectivity index (χ1n) is 8.02. The number of halogens is 2. The van der Waals surface area contributed by atoms with Crippen molar-refractivity contribution in [1.82, 2.24) is 18.7 Å². The largest absolute Gasteiger partial charge is 0.472 e. The highest BCUT2D eigenvalue weighted by atomic mass is 35.5. The molecule has 1 aromatic carbocycles. The van der Waals surface area contributed by atoms with Crippen LogP contribution >= 0.6 is 11.6 Å². The third-order valence-corrected chi connectivity index (χ3v) is 4.86. The summed E-state index contributed by atoms with van der Waals surface area (Å²) in [6.07, 6.45) is 2.93. The fourth-order valence-electron chi connectivity index (χ4n) is 3.05. The number of rotatable bonds is 3. The van der Waals surface area contributed by atoms with Gasteiger partial charge < -0.3 is 8.98 Å². The van der Waals surface area contributed by atoms with Crippen LogP contribution in [0.2, 0.25) is 5.02 Å². The second kappa shape index (κ2) is 6.24. The van der Waals surface area contributed by atoms with E-state index in [1.807, 2.05) is 0 Å². The first kappa shape index (κ1) is 17.3. The number of fused-ring (bicyclic) bond motifs is 1. The number of furan rings is 1. The van der Waals surface area contributed by atoms with Crippen molar-refractivity contribution >= 4 is 22.8 Å². The molecule has 3 heterocycles. The van der Waals surface area contributed by atoms with Crippen molar-refractivity contribution in [2.45, 2.75) is 6.54 Å². The fourth-order valence-corrected chi connectivity index (χ4v) is 3.28. The summed E-state index contributed by atoms with van der Waals surface area (Å²) in [5.74, 6) is -0.125. The number of hydrogen-bond donors (Lipinski definition) is 0. The summed E-state index contributed by atoms with van der Waals surface area (Å²) in [5.41, 5.74) is 0.164. The van der Waals surface area contributed by atoms with Crippen LogP contribution in [0.3, 0.4) is 0 Å². The van der Waals surface area contributed by atoms with E-state index in [1.165, 1.54) is 43.3 Å². The Kier molecular flexibility index (Phi) is 4.00. The van der Waals surface area contributed by atoms with E-state index < -0.39 is 17.1 Å². The highest BCUT2D eigenvalue weighted by Gasteiger charge is 2.22. The van der Waals surface area contributed by atoms with Gasteiger partial charge in [-0.2, -0.15) is 0 Å². The molecule has 138 valence electrons. The lowest BCUT2D eigenvalue weighted by Crippen LogP contribution is -2.37. The van der Waals surface area contributed by atoms with Crippen LogP contribution in [0.4, 0.5) is 4.39 Å². The smallest absolute Gasteiger partial charge is 0.332 e. The molecule has 0 amide bonds. The van der Waals surface area contributed by atoms with Gasteiger partial charge in [-0.15, -0.1) is 0 Å². The number of aromatic nitrogens is 4. The van der Waals surface area contributed by atoms with Gasteiger partial charge in [0.2, 0.25) is 0 Å². The third-order valence-electron chi connectivity index (χ3n) is 4.51. The summed E-state index contributed by atoms with van der Waals surface area (Å²) < 4.78 is 23.3. The molecule has 27 heavy (non-hydrogen) atoms. The molecule has 0 bridgehead atoms. The summed E-state index contributed by atoms with van der Waals surface area (Å²) in [6.45, 7) is -0.0318. The molecule has 4 aromatic rings. The second-order valence-electron chi connectivity index (χ2n) is 6.11. The molecule has 0 N–H and O–H groups in total. The Morgan fingerprint density at radius 3 is 2.63 bits per heavy atom. The molecule has 4 rings (SSSR count). The first-order chi connectivity index (χ1) is 12.9. The average Bonchev–Trinajstić information content (AvgIpc) is 3.29. The minimum Gasteiger partial charge on any atom is -0.472 e. The molecule has 0 unspecified atom stereocenters. The molecule has 7 nitrogen and oxygen atoms in total. The Hall–Kier alpha value is -3.13. The van der Waals surface area contributed by atoms with Gasteiger partial charge in [0, 0.05) is 24.7 Å². The van der Waals surface area contributed by atoms with Gasteiger partial charge >= 0.3 is 5.69 Å². The lowest BCUT2D eigenvalue weighted by Gasteiger charge is -2.11. The van der Waals surface area contributed by atoms with Crippen molar-refractivity contribution in [1.29, 1.82) is 0 Å². The zero-order valence-corrected chi connectivity index (χ0v) is 15.2. The average molecular weight is 389 g/mol. The van der Waals surface area contributed by atoms with Gasteiger partial charge in [0.25, 0.3) is 5.56 Å². The molecule has 0 saturated carbocycles. The number of nitrogens with zero attached hydrogens (tertiary/aromatic N) is 4. The maximum Gasteiger partial charge on any atom is 0.332 e. The van der Waals surface area contributed by atoms with E-state index in [0.29, 0.717) is 11.4 Å². The minimum atomic E-state index is -0.525. The van der Waals surface area contributed by atoms with Gasteiger partial charge in [0.15, 0.2) is 11.2 Å². The van der Waals surface area contributed by atoms with E-state index in [0.717, 1.165) is 4.57 Å². The maximum absolute atomic E-state index is 14.4. The fraction of sp³-hybridized carbons (Fsp3) is 0.167. The van der Waals surface area contributed by atoms with E-state index in [-0.39, 0.29) is 28.3 Å². The van der Waals surface area contributed by atoms with Crippen molar-refractivity contribution < 1.29 is 8.81 Å². The normalized spacial score (nSPS) is 11.4. The van der Waals surface area contributed by atoms with Gasteiger partial charge in [-0.05, 0) is 18.2 Å². The summed E-state index contributed by atoms with van der Waals surface area (Å²) in [6, 6.07) is 6.05. The van der Waals surface area contributed by atoms with Crippen LogP contribution in [-0.2, 0) is 20.6 Å². The van der Waals surface area contributed by atoms with Crippen LogP contribution in [0.5, 0.6) is 0 Å². The van der Waals surface area contributed by atoms with Gasteiger partial charge in [-0.25, -0.2) is 14.2 Å². The molecule has 0 saturated heterocycles. The molecule has 9 heteroatoms. The lowest BCUT2D eigenvalue weighted by atomic mass is 10.2. The van der Waals surface area contributed by atoms with Gasteiger partial charge in [-0.3, -0.25) is 13.9 Å². The molecule has 0 fully saturated rings. The molecule has 0 aliphatic heterocycles. The molecular formula is C18H14ClFN4O3. The van der Waals surface area contributed by atoms with E-state index in [9.17, 15) is 14.0 Å². The van der Waals surface area contributed by atoms with Gasteiger partial charge in [0.1, 0.15) is 17.9 Å². The van der Waals surface area contributed by atoms with Gasteiger partial charge in [0.05, 0.1) is 18.4 Å². The molecular weight excluding hydrogens is 375 g/mol. The topological polar surface area (TPSA) is 75.0 Å². The quantitative estimate of drug-likeness (QED) is 0.540. The van der Waals surface area contributed by atoms with E-state index >= 15 is 0 Å². The number of aryl methyl sites for hydroxylation is 1. The summed E-state index contributed by atoms with van der Waals surface area (Å²) in [7, 11) is 2.91. The molecule has 0 aliphatic rings. The maximum atomic E-state index is 14.4. The van der Waals surface area contributed by atoms with E-state index in [1.54, 1.807) is 16.7 Å². The molecule has 0 atom stereocenters. The number of imidazole rings is 1. The number of benzene rings is 1. The van der Waals surface area contributed by atoms with Crippen LogP contribution in [0.25, 0.3) is 22.6 Å². The zero-order chi connectivity index (χ0) is 19.3. The Morgan fingerprint density at radius 1 is 1.19 bits per heavy atom. The minimum absolute atomic E-state index is 0.0318. The predicted octanol–water partition coefficient (Wildman–Crippen LogP) is 2.53. The Labute approximate surface area is 156 Å². The molecule has 3 aromatic heterocycles. The third kappa shape index (κ3) is 2.60. The summed E-state index contributed by atoms with van der Waals surface area (Å²) >= 11 is 6.17. The summed E-state index contributed by atoms with van der Waals surface area (Å²) in [5, 5.41) is 0.233. The van der Waals surface area contributed by atoms with Crippen molar-refractivity contribution in [3.8, 4) is 11.4 Å². The van der Waals surface area contributed by atoms with E-state index in [4.69, 9.17) is 16.0 Å². The van der Waals surface area contributed by atoms with Gasteiger partial charge in [-0.1, -0.05) is 17.7 Å². The highest BCUT2D eigenvalue weighted by molar-refractivity contribution is 6.31. The SMILES string of the molecule is Cn1c(=O)c2c(nc(-c3ccoc3)n2Cc2c(F)cccc2Cl)n(C)c1=O. The van der Waals surface area contributed by atoms with Crippen LogP contribution in [0.15, 0.2) is 50.8 Å². The van der Waals surface area contributed by atoms with Crippen LogP contribution in [0.1, 0.15) is 5.56 Å². The Morgan fingerprint density at radius 2 is 1.96 bits per heavy atom. The Bertz CT molecular complexity index is 1260. The lowest BCUT2D eigenvalue weighted by molar-refractivity contribution is 0.567. The van der Waals surface area contributed by atoms with Crippen LogP contribution in [-0.4, -0.2) is 18.7 Å². The molecule has 0 radical (unpaired) electrons.